The van der Waals surface area contributed by atoms with Crippen LogP contribution in [0.15, 0.2) is 36.4 Å². The molecule has 2 fully saturated rings. The van der Waals surface area contributed by atoms with Crippen molar-refractivity contribution in [3.63, 3.8) is 0 Å². The minimum Gasteiger partial charge on any atom is -0.370 e. The first-order chi connectivity index (χ1) is 10.8. The Labute approximate surface area is 129 Å². The number of morpholine rings is 1. The van der Waals surface area contributed by atoms with E-state index in [1.807, 2.05) is 41.3 Å². The van der Waals surface area contributed by atoms with E-state index >= 15 is 0 Å². The van der Waals surface area contributed by atoms with Crippen LogP contribution in [0.5, 0.6) is 0 Å². The fourth-order valence-corrected chi connectivity index (χ4v) is 2.91. The summed E-state index contributed by atoms with van der Waals surface area (Å²) in [5.41, 5.74) is 2.73. The van der Waals surface area contributed by atoms with Gasteiger partial charge in [-0.25, -0.2) is 0 Å². The lowest BCUT2D eigenvalue weighted by atomic mass is 10.1. The largest absolute Gasteiger partial charge is 0.370 e. The van der Waals surface area contributed by atoms with Crippen molar-refractivity contribution < 1.29 is 9.53 Å². The van der Waals surface area contributed by atoms with Crippen molar-refractivity contribution in [2.45, 2.75) is 24.9 Å². The molecule has 1 saturated heterocycles. The Hall–Kier alpha value is -2.14. The molecule has 0 spiro atoms. The minimum absolute atomic E-state index is 0.00705. The van der Waals surface area contributed by atoms with E-state index in [1.54, 1.807) is 0 Å². The fourth-order valence-electron chi connectivity index (χ4n) is 2.91. The van der Waals surface area contributed by atoms with Crippen LogP contribution in [-0.2, 0) is 4.74 Å². The smallest absolute Gasteiger partial charge is 0.274 e. The van der Waals surface area contributed by atoms with E-state index in [9.17, 15) is 4.79 Å². The topological polar surface area (TPSA) is 58.2 Å². The first-order valence-electron chi connectivity index (χ1n) is 7.82. The molecule has 5 heteroatoms. The summed E-state index contributed by atoms with van der Waals surface area (Å²) in [6.45, 7) is 1.76. The molecule has 5 nitrogen and oxygen atoms in total. The Kier molecular flexibility index (Phi) is 3.42. The number of ether oxygens (including phenoxy) is 1. The van der Waals surface area contributed by atoms with E-state index in [0.717, 1.165) is 11.3 Å². The molecule has 1 unspecified atom stereocenters. The van der Waals surface area contributed by atoms with E-state index in [2.05, 4.69) is 10.2 Å². The second-order valence-electron chi connectivity index (χ2n) is 6.00. The number of nitrogens with zero attached hydrogens (tertiary/aromatic N) is 2. The number of amides is 1. The molecule has 4 rings (SSSR count). The molecule has 22 heavy (non-hydrogen) atoms. The van der Waals surface area contributed by atoms with E-state index in [-0.39, 0.29) is 12.0 Å². The second-order valence-corrected chi connectivity index (χ2v) is 6.00. The number of aromatic amines is 1. The average Bonchev–Trinajstić information content (AvgIpc) is 3.32. The van der Waals surface area contributed by atoms with Crippen molar-refractivity contribution in [1.29, 1.82) is 0 Å². The van der Waals surface area contributed by atoms with Crippen LogP contribution < -0.4 is 0 Å². The highest BCUT2D eigenvalue weighted by Gasteiger charge is 2.30. The Morgan fingerprint density at radius 3 is 2.86 bits per heavy atom. The quantitative estimate of drug-likeness (QED) is 0.947. The molecule has 1 aromatic carbocycles. The third kappa shape index (κ3) is 2.64. The molecule has 1 aliphatic heterocycles. The van der Waals surface area contributed by atoms with Crippen molar-refractivity contribution in [2.75, 3.05) is 19.7 Å². The number of hydrogen-bond donors (Lipinski definition) is 1. The van der Waals surface area contributed by atoms with E-state index < -0.39 is 0 Å². The molecule has 1 atom stereocenters. The summed E-state index contributed by atoms with van der Waals surface area (Å²) in [5.74, 6) is 0.572. The predicted octanol–water partition coefficient (Wildman–Crippen LogP) is 2.50. The molecular formula is C17H19N3O2. The van der Waals surface area contributed by atoms with Gasteiger partial charge in [0.25, 0.3) is 5.91 Å². The lowest BCUT2D eigenvalue weighted by molar-refractivity contribution is -0.0230. The number of rotatable bonds is 3. The van der Waals surface area contributed by atoms with Crippen LogP contribution in [0.3, 0.4) is 0 Å². The van der Waals surface area contributed by atoms with Crippen molar-refractivity contribution in [3.8, 4) is 0 Å². The summed E-state index contributed by atoms with van der Waals surface area (Å²) in [7, 11) is 0. The molecule has 0 bridgehead atoms. The van der Waals surface area contributed by atoms with Crippen LogP contribution in [0, 0.1) is 0 Å². The first kappa shape index (κ1) is 13.5. The summed E-state index contributed by atoms with van der Waals surface area (Å²) in [6, 6.07) is 12.0. The van der Waals surface area contributed by atoms with Crippen LogP contribution in [0.25, 0.3) is 0 Å². The summed E-state index contributed by atoms with van der Waals surface area (Å²) in [4.78, 5) is 14.5. The minimum atomic E-state index is -0.0549. The predicted molar refractivity (Wildman–Crippen MR) is 81.6 cm³/mol. The molecule has 1 saturated carbocycles. The van der Waals surface area contributed by atoms with Gasteiger partial charge in [-0.1, -0.05) is 30.3 Å². The van der Waals surface area contributed by atoms with Gasteiger partial charge in [0.2, 0.25) is 0 Å². The zero-order valence-corrected chi connectivity index (χ0v) is 12.4. The van der Waals surface area contributed by atoms with Gasteiger partial charge in [0.05, 0.1) is 13.2 Å². The molecule has 1 aliphatic carbocycles. The van der Waals surface area contributed by atoms with Crippen molar-refractivity contribution in [2.24, 2.45) is 0 Å². The average molecular weight is 297 g/mol. The number of H-pyrrole nitrogens is 1. The number of carbonyl (C=O) groups is 1. The zero-order chi connectivity index (χ0) is 14.9. The van der Waals surface area contributed by atoms with Crippen LogP contribution >= 0.6 is 0 Å². The van der Waals surface area contributed by atoms with Gasteiger partial charge in [-0.3, -0.25) is 9.89 Å². The second kappa shape index (κ2) is 5.57. The highest BCUT2D eigenvalue weighted by Crippen LogP contribution is 2.39. The Morgan fingerprint density at radius 1 is 1.27 bits per heavy atom. The fraction of sp³-hybridized carbons (Fsp3) is 0.412. The van der Waals surface area contributed by atoms with Crippen LogP contribution in [0.2, 0.25) is 0 Å². The van der Waals surface area contributed by atoms with E-state index in [4.69, 9.17) is 4.74 Å². The van der Waals surface area contributed by atoms with Gasteiger partial charge >= 0.3 is 0 Å². The first-order valence-corrected chi connectivity index (χ1v) is 7.82. The monoisotopic (exact) mass is 297 g/mol. The Bertz CT molecular complexity index is 664. The maximum atomic E-state index is 12.6. The molecule has 2 aromatic rings. The normalized spacial score (nSPS) is 21.8. The van der Waals surface area contributed by atoms with Crippen molar-refractivity contribution in [1.82, 2.24) is 15.1 Å². The standard InChI is InChI=1S/C17H19N3O2/c21-17(15-10-14(18-19-15)12-6-7-12)20-8-9-22-16(11-20)13-4-2-1-3-5-13/h1-5,10,12,16H,6-9,11H2,(H,18,19). The highest BCUT2D eigenvalue weighted by atomic mass is 16.5. The number of benzene rings is 1. The molecule has 114 valence electrons. The van der Waals surface area contributed by atoms with Gasteiger partial charge in [-0.15, -0.1) is 0 Å². The molecule has 1 amide bonds. The zero-order valence-electron chi connectivity index (χ0n) is 12.4. The number of hydrogen-bond acceptors (Lipinski definition) is 3. The molecule has 2 aliphatic rings. The van der Waals surface area contributed by atoms with Gasteiger partial charge < -0.3 is 9.64 Å². The van der Waals surface area contributed by atoms with Crippen LogP contribution in [0.1, 0.15) is 46.6 Å². The number of aromatic nitrogens is 2. The van der Waals surface area contributed by atoms with Crippen LogP contribution in [-0.4, -0.2) is 40.7 Å². The highest BCUT2D eigenvalue weighted by molar-refractivity contribution is 5.92. The van der Waals surface area contributed by atoms with Gasteiger partial charge in [0.15, 0.2) is 0 Å². The van der Waals surface area contributed by atoms with Gasteiger partial charge in [0.1, 0.15) is 11.8 Å². The number of nitrogens with one attached hydrogen (secondary N) is 1. The van der Waals surface area contributed by atoms with Gasteiger partial charge in [-0.05, 0) is 24.5 Å². The summed E-state index contributed by atoms with van der Waals surface area (Å²) >= 11 is 0. The molecular weight excluding hydrogens is 278 g/mol. The maximum absolute atomic E-state index is 12.6. The maximum Gasteiger partial charge on any atom is 0.274 e. The van der Waals surface area contributed by atoms with E-state index in [0.29, 0.717) is 31.3 Å². The molecule has 0 radical (unpaired) electrons. The lowest BCUT2D eigenvalue weighted by Gasteiger charge is -2.32. The molecule has 2 heterocycles. The molecule has 1 aromatic heterocycles. The van der Waals surface area contributed by atoms with Gasteiger partial charge in [0, 0.05) is 18.2 Å². The SMILES string of the molecule is O=C(c1cc(C2CC2)[nH]n1)N1CCOC(c2ccccc2)C1. The summed E-state index contributed by atoms with van der Waals surface area (Å²) in [5, 5.41) is 7.20. The van der Waals surface area contributed by atoms with Crippen LogP contribution in [0.4, 0.5) is 0 Å². The van der Waals surface area contributed by atoms with Crippen molar-refractivity contribution >= 4 is 5.91 Å². The third-order valence-corrected chi connectivity index (χ3v) is 4.36. The van der Waals surface area contributed by atoms with Gasteiger partial charge in [-0.2, -0.15) is 5.10 Å². The lowest BCUT2D eigenvalue weighted by Crippen LogP contribution is -2.42. The summed E-state index contributed by atoms with van der Waals surface area (Å²) < 4.78 is 5.81. The third-order valence-electron chi connectivity index (χ3n) is 4.36. The Balaban J connectivity index is 1.48. The number of carbonyl (C=O) groups excluding carboxylic acids is 1. The van der Waals surface area contributed by atoms with E-state index in [1.165, 1.54) is 12.8 Å². The molecule has 1 N–H and O–H groups in total. The Morgan fingerprint density at radius 2 is 2.09 bits per heavy atom. The summed E-state index contributed by atoms with van der Waals surface area (Å²) in [6.07, 6.45) is 2.34. The van der Waals surface area contributed by atoms with Crippen molar-refractivity contribution in [3.05, 3.63) is 53.3 Å².